The van der Waals surface area contributed by atoms with E-state index >= 15 is 0 Å². The molecule has 0 bridgehead atoms. The van der Waals surface area contributed by atoms with Crippen LogP contribution < -0.4 is 0 Å². The van der Waals surface area contributed by atoms with E-state index in [4.69, 9.17) is 4.74 Å². The number of carbonyl (C=O) groups is 1. The van der Waals surface area contributed by atoms with Crippen LogP contribution in [0.25, 0.3) is 0 Å². The third-order valence-electron chi connectivity index (χ3n) is 4.47. The minimum Gasteiger partial charge on any atom is -0.378 e. The number of carbonyl (C=O) groups excluding carboxylic acids is 1. The molecule has 0 aromatic carbocycles. The highest BCUT2D eigenvalue weighted by atomic mass is 32.1. The summed E-state index contributed by atoms with van der Waals surface area (Å²) in [4.78, 5) is 18.3. The number of rotatable bonds is 3. The second kappa shape index (κ2) is 6.43. The van der Waals surface area contributed by atoms with Crippen LogP contribution in [0.1, 0.15) is 26.6 Å². The van der Waals surface area contributed by atoms with Gasteiger partial charge in [-0.25, -0.2) is 0 Å². The molecule has 1 saturated heterocycles. The zero-order valence-corrected chi connectivity index (χ0v) is 13.8. The van der Waals surface area contributed by atoms with Crippen molar-refractivity contribution in [1.29, 1.82) is 0 Å². The van der Waals surface area contributed by atoms with Crippen LogP contribution in [-0.4, -0.2) is 58.8 Å². The summed E-state index contributed by atoms with van der Waals surface area (Å²) in [7, 11) is 0. The van der Waals surface area contributed by atoms with E-state index in [2.05, 4.69) is 32.6 Å². The Morgan fingerprint density at radius 1 is 1.35 bits per heavy atom. The first kappa shape index (κ1) is 14.9. The number of H-pyrrole nitrogens is 1. The molecule has 0 spiro atoms. The SMILES string of the molecule is O=C(c1n[nH]c2c1CN(Cc1cccs1)CC2)N1CCOCC1. The van der Waals surface area contributed by atoms with E-state index < -0.39 is 0 Å². The average molecular weight is 332 g/mol. The molecule has 23 heavy (non-hydrogen) atoms. The van der Waals surface area contributed by atoms with Gasteiger partial charge in [0.15, 0.2) is 5.69 Å². The Kier molecular flexibility index (Phi) is 4.15. The maximum Gasteiger partial charge on any atom is 0.274 e. The Labute approximate surface area is 139 Å². The molecule has 1 N–H and O–H groups in total. The van der Waals surface area contributed by atoms with E-state index in [9.17, 15) is 4.79 Å². The van der Waals surface area contributed by atoms with Crippen molar-refractivity contribution < 1.29 is 9.53 Å². The fourth-order valence-electron chi connectivity index (χ4n) is 3.20. The van der Waals surface area contributed by atoms with E-state index in [0.717, 1.165) is 37.3 Å². The third-order valence-corrected chi connectivity index (χ3v) is 5.33. The monoisotopic (exact) mass is 332 g/mol. The van der Waals surface area contributed by atoms with Crippen LogP contribution >= 0.6 is 11.3 Å². The lowest BCUT2D eigenvalue weighted by Gasteiger charge is -2.28. The molecule has 2 aromatic heterocycles. The molecule has 0 radical (unpaired) electrons. The number of hydrogen-bond donors (Lipinski definition) is 1. The molecule has 0 aliphatic carbocycles. The summed E-state index contributed by atoms with van der Waals surface area (Å²) in [6, 6.07) is 4.25. The largest absolute Gasteiger partial charge is 0.378 e. The quantitative estimate of drug-likeness (QED) is 0.925. The number of nitrogens with one attached hydrogen (secondary N) is 1. The van der Waals surface area contributed by atoms with Crippen molar-refractivity contribution in [2.45, 2.75) is 19.5 Å². The van der Waals surface area contributed by atoms with Gasteiger partial charge in [0.05, 0.1) is 13.2 Å². The van der Waals surface area contributed by atoms with Crippen LogP contribution in [0.5, 0.6) is 0 Å². The topological polar surface area (TPSA) is 61.5 Å². The number of aromatic nitrogens is 2. The molecule has 7 heteroatoms. The normalized spacial score (nSPS) is 18.9. The van der Waals surface area contributed by atoms with Crippen molar-refractivity contribution in [3.8, 4) is 0 Å². The molecule has 2 aliphatic rings. The Balaban J connectivity index is 1.51. The minimum atomic E-state index is 0.0313. The molecule has 4 heterocycles. The van der Waals surface area contributed by atoms with Gasteiger partial charge < -0.3 is 9.64 Å². The molecule has 2 aromatic rings. The van der Waals surface area contributed by atoms with Crippen LogP contribution in [0.2, 0.25) is 0 Å². The van der Waals surface area contributed by atoms with E-state index in [-0.39, 0.29) is 5.91 Å². The molecular weight excluding hydrogens is 312 g/mol. The molecule has 1 amide bonds. The molecule has 122 valence electrons. The highest BCUT2D eigenvalue weighted by Crippen LogP contribution is 2.24. The Morgan fingerprint density at radius 2 is 2.22 bits per heavy atom. The molecule has 4 rings (SSSR count). The van der Waals surface area contributed by atoms with Crippen molar-refractivity contribution >= 4 is 17.2 Å². The molecule has 6 nitrogen and oxygen atoms in total. The fraction of sp³-hybridized carbons (Fsp3) is 0.500. The first-order valence-corrected chi connectivity index (χ1v) is 8.87. The Hall–Kier alpha value is -1.70. The zero-order valence-electron chi connectivity index (χ0n) is 13.0. The Morgan fingerprint density at radius 3 is 3.00 bits per heavy atom. The molecule has 0 unspecified atom stereocenters. The lowest BCUT2D eigenvalue weighted by atomic mass is 10.0. The van der Waals surface area contributed by atoms with E-state index in [0.29, 0.717) is 32.0 Å². The third kappa shape index (κ3) is 3.04. The van der Waals surface area contributed by atoms with Crippen LogP contribution in [0.3, 0.4) is 0 Å². The predicted molar refractivity (Wildman–Crippen MR) is 87.4 cm³/mol. The van der Waals surface area contributed by atoms with Gasteiger partial charge in [0.2, 0.25) is 0 Å². The number of nitrogens with zero attached hydrogens (tertiary/aromatic N) is 3. The highest BCUT2D eigenvalue weighted by Gasteiger charge is 2.28. The van der Waals surface area contributed by atoms with Crippen molar-refractivity contribution in [3.63, 3.8) is 0 Å². The second-order valence-corrected chi connectivity index (χ2v) is 7.01. The smallest absolute Gasteiger partial charge is 0.274 e. The van der Waals surface area contributed by atoms with Gasteiger partial charge in [0, 0.05) is 55.3 Å². The first-order chi connectivity index (χ1) is 11.3. The van der Waals surface area contributed by atoms with Gasteiger partial charge in [-0.05, 0) is 11.4 Å². The number of morpholine rings is 1. The second-order valence-electron chi connectivity index (χ2n) is 5.97. The van der Waals surface area contributed by atoms with Crippen LogP contribution in [0.4, 0.5) is 0 Å². The van der Waals surface area contributed by atoms with Gasteiger partial charge in [-0.15, -0.1) is 11.3 Å². The van der Waals surface area contributed by atoms with Crippen LogP contribution in [0.15, 0.2) is 17.5 Å². The number of hydrogen-bond acceptors (Lipinski definition) is 5. The van der Waals surface area contributed by atoms with Gasteiger partial charge in [-0.2, -0.15) is 5.10 Å². The number of amides is 1. The lowest BCUT2D eigenvalue weighted by Crippen LogP contribution is -2.41. The van der Waals surface area contributed by atoms with E-state index in [1.165, 1.54) is 4.88 Å². The number of ether oxygens (including phenoxy) is 1. The summed E-state index contributed by atoms with van der Waals surface area (Å²) in [5, 5.41) is 9.50. The van der Waals surface area contributed by atoms with Gasteiger partial charge in [0.1, 0.15) is 0 Å². The standard InChI is InChI=1S/C16H20N4O2S/c21-16(20-5-7-22-8-6-20)15-13-11-19(4-3-14(13)17-18-15)10-12-2-1-9-23-12/h1-2,9H,3-8,10-11H2,(H,17,18). The lowest BCUT2D eigenvalue weighted by molar-refractivity contribution is 0.0297. The van der Waals surface area contributed by atoms with Gasteiger partial charge in [0.25, 0.3) is 5.91 Å². The molecular formula is C16H20N4O2S. The Bertz CT molecular complexity index is 676. The molecule has 2 aliphatic heterocycles. The highest BCUT2D eigenvalue weighted by molar-refractivity contribution is 7.09. The van der Waals surface area contributed by atoms with Crippen molar-refractivity contribution in [1.82, 2.24) is 20.0 Å². The summed E-state index contributed by atoms with van der Waals surface area (Å²) in [5.41, 5.74) is 2.78. The molecule has 0 saturated carbocycles. The average Bonchev–Trinajstić information content (AvgIpc) is 3.24. The maximum atomic E-state index is 12.7. The van der Waals surface area contributed by atoms with E-state index in [1.807, 2.05) is 4.90 Å². The van der Waals surface area contributed by atoms with E-state index in [1.54, 1.807) is 11.3 Å². The van der Waals surface area contributed by atoms with Crippen LogP contribution in [0, 0.1) is 0 Å². The summed E-state index contributed by atoms with van der Waals surface area (Å²) in [6.07, 6.45) is 0.921. The van der Waals surface area contributed by atoms with Crippen LogP contribution in [-0.2, 0) is 24.2 Å². The zero-order chi connectivity index (χ0) is 15.6. The van der Waals surface area contributed by atoms with Gasteiger partial charge in [-0.1, -0.05) is 6.07 Å². The van der Waals surface area contributed by atoms with Crippen molar-refractivity contribution in [2.75, 3.05) is 32.8 Å². The summed E-state index contributed by atoms with van der Waals surface area (Å²) >= 11 is 1.78. The molecule has 0 atom stereocenters. The predicted octanol–water partition coefficient (Wildman–Crippen LogP) is 1.50. The summed E-state index contributed by atoms with van der Waals surface area (Å²) in [6.45, 7) is 5.26. The number of fused-ring (bicyclic) bond motifs is 1. The van der Waals surface area contributed by atoms with Gasteiger partial charge in [-0.3, -0.25) is 14.8 Å². The first-order valence-electron chi connectivity index (χ1n) is 7.99. The maximum absolute atomic E-state index is 12.7. The fourth-order valence-corrected chi connectivity index (χ4v) is 3.95. The number of thiophene rings is 1. The summed E-state index contributed by atoms with van der Waals surface area (Å²) < 4.78 is 5.33. The van der Waals surface area contributed by atoms with Crippen molar-refractivity contribution in [2.24, 2.45) is 0 Å². The number of aromatic amines is 1. The van der Waals surface area contributed by atoms with Crippen molar-refractivity contribution in [3.05, 3.63) is 39.3 Å². The summed E-state index contributed by atoms with van der Waals surface area (Å²) in [5.74, 6) is 0.0313. The van der Waals surface area contributed by atoms with Gasteiger partial charge >= 0.3 is 0 Å². The minimum absolute atomic E-state index is 0.0313. The molecule has 1 fully saturated rings.